The van der Waals surface area contributed by atoms with Gasteiger partial charge in [-0.25, -0.2) is 4.79 Å². The quantitative estimate of drug-likeness (QED) is 0.392. The highest BCUT2D eigenvalue weighted by atomic mass is 79.9. The van der Waals surface area contributed by atoms with E-state index in [0.717, 1.165) is 15.2 Å². The predicted octanol–water partition coefficient (Wildman–Crippen LogP) is 3.29. The van der Waals surface area contributed by atoms with Crippen LogP contribution in [0.15, 0.2) is 50.1 Å². The van der Waals surface area contributed by atoms with Gasteiger partial charge in [0.05, 0.1) is 5.39 Å². The van der Waals surface area contributed by atoms with E-state index in [1.165, 1.54) is 0 Å². The van der Waals surface area contributed by atoms with Gasteiger partial charge >= 0.3 is 5.63 Å². The minimum Gasteiger partial charge on any atom is -0.422 e. The molecule has 0 saturated carbocycles. The highest BCUT2D eigenvalue weighted by Crippen LogP contribution is 2.29. The van der Waals surface area contributed by atoms with Crippen molar-refractivity contribution in [3.05, 3.63) is 51.3 Å². The average Bonchev–Trinajstić information content (AvgIpc) is 2.32. The van der Waals surface area contributed by atoms with Crippen molar-refractivity contribution in [3.8, 4) is 0 Å². The van der Waals surface area contributed by atoms with Crippen LogP contribution in [0.2, 0.25) is 0 Å². The SMILES string of the molecule is Nc1cc2oc(=O)c3ccccc3c2cc1Br. The maximum atomic E-state index is 11.8. The van der Waals surface area contributed by atoms with E-state index in [1.54, 1.807) is 12.1 Å². The molecule has 0 atom stereocenters. The largest absolute Gasteiger partial charge is 0.422 e. The third kappa shape index (κ3) is 1.52. The summed E-state index contributed by atoms with van der Waals surface area (Å²) >= 11 is 3.38. The molecule has 0 bridgehead atoms. The van der Waals surface area contributed by atoms with Gasteiger partial charge < -0.3 is 10.2 Å². The lowest BCUT2D eigenvalue weighted by Gasteiger charge is -2.04. The Labute approximate surface area is 105 Å². The van der Waals surface area contributed by atoms with Crippen molar-refractivity contribution in [3.63, 3.8) is 0 Å². The molecule has 84 valence electrons. The molecule has 0 unspecified atom stereocenters. The smallest absolute Gasteiger partial charge is 0.344 e. The average molecular weight is 290 g/mol. The Balaban J connectivity index is 2.64. The molecular weight excluding hydrogens is 282 g/mol. The maximum absolute atomic E-state index is 11.8. The Morgan fingerprint density at radius 3 is 2.53 bits per heavy atom. The van der Waals surface area contributed by atoms with Crippen LogP contribution in [0, 0.1) is 0 Å². The highest BCUT2D eigenvalue weighted by molar-refractivity contribution is 9.10. The standard InChI is InChI=1S/C13H8BrNO2/c14-10-5-9-7-3-1-2-4-8(7)13(16)17-12(9)6-11(10)15/h1-6H,15H2. The van der Waals surface area contributed by atoms with Crippen LogP contribution in [-0.2, 0) is 0 Å². The van der Waals surface area contributed by atoms with Crippen molar-refractivity contribution < 1.29 is 4.42 Å². The van der Waals surface area contributed by atoms with Crippen LogP contribution in [0.3, 0.4) is 0 Å². The maximum Gasteiger partial charge on any atom is 0.344 e. The van der Waals surface area contributed by atoms with Crippen molar-refractivity contribution in [2.45, 2.75) is 0 Å². The zero-order chi connectivity index (χ0) is 12.0. The van der Waals surface area contributed by atoms with Gasteiger partial charge in [-0.3, -0.25) is 0 Å². The fraction of sp³-hybridized carbons (Fsp3) is 0. The molecule has 0 aliphatic heterocycles. The van der Waals surface area contributed by atoms with Gasteiger partial charge in [0.2, 0.25) is 0 Å². The molecule has 3 nitrogen and oxygen atoms in total. The first-order valence-electron chi connectivity index (χ1n) is 5.07. The summed E-state index contributed by atoms with van der Waals surface area (Å²) in [6.45, 7) is 0. The fourth-order valence-electron chi connectivity index (χ4n) is 1.91. The highest BCUT2D eigenvalue weighted by Gasteiger charge is 2.08. The summed E-state index contributed by atoms with van der Waals surface area (Å²) in [6.07, 6.45) is 0. The topological polar surface area (TPSA) is 56.2 Å². The molecule has 3 rings (SSSR count). The van der Waals surface area contributed by atoms with Gasteiger partial charge in [0.25, 0.3) is 0 Å². The molecule has 4 heteroatoms. The number of nitrogen functional groups attached to an aromatic ring is 1. The summed E-state index contributed by atoms with van der Waals surface area (Å²) in [5.41, 5.74) is 6.49. The second-order valence-electron chi connectivity index (χ2n) is 3.80. The lowest BCUT2D eigenvalue weighted by Crippen LogP contribution is -2.00. The Morgan fingerprint density at radius 1 is 1.06 bits per heavy atom. The number of rotatable bonds is 0. The third-order valence-corrected chi connectivity index (χ3v) is 3.43. The van der Waals surface area contributed by atoms with Gasteiger partial charge in [-0.05, 0) is 33.4 Å². The van der Waals surface area contributed by atoms with Gasteiger partial charge in [0, 0.05) is 21.6 Å². The first-order chi connectivity index (χ1) is 8.16. The van der Waals surface area contributed by atoms with Crippen LogP contribution in [0.25, 0.3) is 21.7 Å². The van der Waals surface area contributed by atoms with E-state index in [9.17, 15) is 4.79 Å². The molecule has 1 aromatic heterocycles. The van der Waals surface area contributed by atoms with Crippen molar-refractivity contribution in [1.82, 2.24) is 0 Å². The van der Waals surface area contributed by atoms with E-state index >= 15 is 0 Å². The van der Waals surface area contributed by atoms with Crippen LogP contribution in [-0.4, -0.2) is 0 Å². The Hall–Kier alpha value is -1.81. The molecule has 0 saturated heterocycles. The summed E-state index contributed by atoms with van der Waals surface area (Å²) in [4.78, 5) is 11.8. The molecule has 2 N–H and O–H groups in total. The number of hydrogen-bond acceptors (Lipinski definition) is 3. The van der Waals surface area contributed by atoms with Crippen LogP contribution in [0.5, 0.6) is 0 Å². The van der Waals surface area contributed by atoms with Crippen molar-refractivity contribution in [2.24, 2.45) is 0 Å². The molecule has 0 aliphatic carbocycles. The van der Waals surface area contributed by atoms with Gasteiger partial charge in [0.15, 0.2) is 0 Å². The Morgan fingerprint density at radius 2 is 1.76 bits per heavy atom. The summed E-state index contributed by atoms with van der Waals surface area (Å²) in [7, 11) is 0. The minimum atomic E-state index is -0.338. The molecule has 3 aromatic rings. The number of benzene rings is 2. The molecule has 0 aliphatic rings. The normalized spacial score (nSPS) is 11.1. The van der Waals surface area contributed by atoms with Crippen molar-refractivity contribution in [2.75, 3.05) is 5.73 Å². The van der Waals surface area contributed by atoms with E-state index in [0.29, 0.717) is 16.7 Å². The number of fused-ring (bicyclic) bond motifs is 3. The van der Waals surface area contributed by atoms with Crippen molar-refractivity contribution in [1.29, 1.82) is 0 Å². The van der Waals surface area contributed by atoms with Gasteiger partial charge in [-0.2, -0.15) is 0 Å². The van der Waals surface area contributed by atoms with E-state index in [-0.39, 0.29) is 5.63 Å². The van der Waals surface area contributed by atoms with Crippen LogP contribution >= 0.6 is 15.9 Å². The zero-order valence-corrected chi connectivity index (χ0v) is 10.3. The summed E-state index contributed by atoms with van der Waals surface area (Å²) in [6, 6.07) is 10.9. The van der Waals surface area contributed by atoms with Gasteiger partial charge in [-0.1, -0.05) is 18.2 Å². The van der Waals surface area contributed by atoms with Crippen LogP contribution in [0.1, 0.15) is 0 Å². The van der Waals surface area contributed by atoms with Gasteiger partial charge in [0.1, 0.15) is 5.58 Å². The number of hydrogen-bond donors (Lipinski definition) is 1. The monoisotopic (exact) mass is 289 g/mol. The molecule has 1 heterocycles. The molecule has 0 radical (unpaired) electrons. The third-order valence-electron chi connectivity index (χ3n) is 2.74. The zero-order valence-electron chi connectivity index (χ0n) is 8.74. The van der Waals surface area contributed by atoms with Gasteiger partial charge in [-0.15, -0.1) is 0 Å². The van der Waals surface area contributed by atoms with Crippen molar-refractivity contribution >= 4 is 43.4 Å². The summed E-state index contributed by atoms with van der Waals surface area (Å²) < 4.78 is 6.05. The molecule has 2 aromatic carbocycles. The van der Waals surface area contributed by atoms with E-state index < -0.39 is 0 Å². The molecular formula is C13H8BrNO2. The Kier molecular flexibility index (Phi) is 2.19. The first-order valence-corrected chi connectivity index (χ1v) is 5.87. The summed E-state index contributed by atoms with van der Waals surface area (Å²) in [5.74, 6) is 0. The summed E-state index contributed by atoms with van der Waals surface area (Å²) in [5, 5.41) is 2.33. The van der Waals surface area contributed by atoms with Crippen LogP contribution in [0.4, 0.5) is 5.69 Å². The van der Waals surface area contributed by atoms with E-state index in [1.807, 2.05) is 24.3 Å². The fourth-order valence-corrected chi connectivity index (χ4v) is 2.26. The lowest BCUT2D eigenvalue weighted by molar-refractivity contribution is 0.570. The lowest BCUT2D eigenvalue weighted by atomic mass is 10.1. The number of nitrogens with two attached hydrogens (primary N) is 1. The molecule has 0 fully saturated rings. The number of anilines is 1. The van der Waals surface area contributed by atoms with E-state index in [4.69, 9.17) is 10.2 Å². The second kappa shape index (κ2) is 3.60. The minimum absolute atomic E-state index is 0.338. The Bertz CT molecular complexity index is 792. The number of halogens is 1. The molecule has 0 amide bonds. The van der Waals surface area contributed by atoms with E-state index in [2.05, 4.69) is 15.9 Å². The van der Waals surface area contributed by atoms with Crippen LogP contribution < -0.4 is 11.4 Å². The molecule has 0 spiro atoms. The predicted molar refractivity (Wildman–Crippen MR) is 72.1 cm³/mol. The molecule has 17 heavy (non-hydrogen) atoms. The second-order valence-corrected chi connectivity index (χ2v) is 4.66. The first kappa shape index (κ1) is 10.4.